The van der Waals surface area contributed by atoms with E-state index in [1.54, 1.807) is 25.1 Å². The quantitative estimate of drug-likeness (QED) is 0.471. The van der Waals surface area contributed by atoms with Crippen LogP contribution in [0.15, 0.2) is 66.7 Å². The molecule has 0 fully saturated rings. The van der Waals surface area contributed by atoms with Crippen LogP contribution in [0, 0.1) is 5.82 Å². The highest BCUT2D eigenvalue weighted by atomic mass is 35.5. The summed E-state index contributed by atoms with van der Waals surface area (Å²) in [6, 6.07) is 19.0. The molecule has 1 N–H and O–H groups in total. The number of nitrogens with one attached hydrogen (secondary N) is 1. The van der Waals surface area contributed by atoms with E-state index in [1.165, 1.54) is 12.1 Å². The normalized spacial score (nSPS) is 10.4. The number of ether oxygens (including phenoxy) is 2. The van der Waals surface area contributed by atoms with Crippen LogP contribution < -0.4 is 10.1 Å². The van der Waals surface area contributed by atoms with Gasteiger partial charge in [-0.15, -0.1) is 0 Å². The van der Waals surface area contributed by atoms with Gasteiger partial charge in [0, 0.05) is 17.8 Å². The van der Waals surface area contributed by atoms with E-state index in [9.17, 15) is 9.18 Å². The first-order valence-electron chi connectivity index (χ1n) is 9.22. The molecule has 0 amide bonds. The first kappa shape index (κ1) is 20.7. The van der Waals surface area contributed by atoms with Gasteiger partial charge in [-0.1, -0.05) is 29.8 Å². The summed E-state index contributed by atoms with van der Waals surface area (Å²) in [4.78, 5) is 11.7. The van der Waals surface area contributed by atoms with Gasteiger partial charge in [0.1, 0.15) is 18.2 Å². The topological polar surface area (TPSA) is 47.6 Å². The molecule has 0 radical (unpaired) electrons. The van der Waals surface area contributed by atoms with Gasteiger partial charge < -0.3 is 14.8 Å². The van der Waals surface area contributed by atoms with Gasteiger partial charge in [0.15, 0.2) is 0 Å². The lowest BCUT2D eigenvalue weighted by molar-refractivity contribution is 0.0526. The number of hydrogen-bond donors (Lipinski definition) is 1. The molecule has 3 rings (SSSR count). The number of carbonyl (C=O) groups is 1. The lowest BCUT2D eigenvalue weighted by Crippen LogP contribution is -2.05. The van der Waals surface area contributed by atoms with Crippen molar-refractivity contribution in [2.45, 2.75) is 20.1 Å². The zero-order valence-corrected chi connectivity index (χ0v) is 16.7. The molecule has 0 spiro atoms. The largest absolute Gasteiger partial charge is 0.489 e. The first-order valence-corrected chi connectivity index (χ1v) is 9.59. The van der Waals surface area contributed by atoms with E-state index in [1.807, 2.05) is 36.4 Å². The Hall–Kier alpha value is -3.05. The summed E-state index contributed by atoms with van der Waals surface area (Å²) in [5.74, 6) is -0.00498. The van der Waals surface area contributed by atoms with Crippen molar-refractivity contribution in [3.05, 3.63) is 94.3 Å². The molecule has 4 nitrogen and oxygen atoms in total. The molecule has 6 heteroatoms. The van der Waals surface area contributed by atoms with Gasteiger partial charge in [0.2, 0.25) is 0 Å². The lowest BCUT2D eigenvalue weighted by Gasteiger charge is -2.11. The maximum absolute atomic E-state index is 13.1. The Morgan fingerprint density at radius 1 is 1.07 bits per heavy atom. The van der Waals surface area contributed by atoms with Crippen molar-refractivity contribution in [3.8, 4) is 5.75 Å². The van der Waals surface area contributed by atoms with Crippen molar-refractivity contribution in [1.29, 1.82) is 0 Å². The van der Waals surface area contributed by atoms with Gasteiger partial charge in [-0.25, -0.2) is 9.18 Å². The van der Waals surface area contributed by atoms with Gasteiger partial charge in [-0.3, -0.25) is 0 Å². The fourth-order valence-electron chi connectivity index (χ4n) is 2.69. The highest BCUT2D eigenvalue weighted by Gasteiger charge is 2.06. The summed E-state index contributed by atoms with van der Waals surface area (Å²) in [6.07, 6.45) is 0. The Balaban J connectivity index is 1.56. The molecule has 3 aromatic rings. The molecule has 0 atom stereocenters. The zero-order chi connectivity index (χ0) is 20.6. The van der Waals surface area contributed by atoms with Crippen molar-refractivity contribution in [2.24, 2.45) is 0 Å². The molecule has 0 aliphatic heterocycles. The van der Waals surface area contributed by atoms with E-state index >= 15 is 0 Å². The van der Waals surface area contributed by atoms with E-state index in [4.69, 9.17) is 21.1 Å². The van der Waals surface area contributed by atoms with Crippen LogP contribution in [0.4, 0.5) is 10.1 Å². The van der Waals surface area contributed by atoms with Crippen LogP contribution in [0.25, 0.3) is 0 Å². The highest BCUT2D eigenvalue weighted by Crippen LogP contribution is 2.21. The summed E-state index contributed by atoms with van der Waals surface area (Å²) < 4.78 is 23.9. The maximum Gasteiger partial charge on any atom is 0.338 e. The maximum atomic E-state index is 13.1. The number of benzene rings is 3. The minimum Gasteiger partial charge on any atom is -0.489 e. The minimum absolute atomic E-state index is 0.255. The second-order valence-electron chi connectivity index (χ2n) is 6.32. The molecule has 29 heavy (non-hydrogen) atoms. The van der Waals surface area contributed by atoms with E-state index in [0.717, 1.165) is 16.8 Å². The second-order valence-corrected chi connectivity index (χ2v) is 6.73. The summed E-state index contributed by atoms with van der Waals surface area (Å²) in [6.45, 7) is 2.98. The summed E-state index contributed by atoms with van der Waals surface area (Å²) in [5, 5.41) is 3.65. The van der Waals surface area contributed by atoms with E-state index in [-0.39, 0.29) is 18.4 Å². The molecular formula is C23H21ClFNO3. The van der Waals surface area contributed by atoms with Gasteiger partial charge in [0.05, 0.1) is 17.2 Å². The molecule has 0 saturated heterocycles. The molecule has 3 aromatic carbocycles. The number of rotatable bonds is 8. The van der Waals surface area contributed by atoms with Crippen LogP contribution in [0.5, 0.6) is 5.75 Å². The number of esters is 1. The Labute approximate surface area is 174 Å². The van der Waals surface area contributed by atoms with Crippen molar-refractivity contribution in [1.82, 2.24) is 0 Å². The monoisotopic (exact) mass is 413 g/mol. The number of anilines is 1. The lowest BCUT2D eigenvalue weighted by atomic mass is 10.2. The molecule has 0 aliphatic carbocycles. The van der Waals surface area contributed by atoms with E-state index < -0.39 is 0 Å². The van der Waals surface area contributed by atoms with Crippen LogP contribution in [0.1, 0.15) is 28.4 Å². The third-order valence-corrected chi connectivity index (χ3v) is 4.55. The van der Waals surface area contributed by atoms with Gasteiger partial charge in [0.25, 0.3) is 0 Å². The predicted molar refractivity (Wildman–Crippen MR) is 112 cm³/mol. The number of carbonyl (C=O) groups excluding carboxylic acids is 1. The van der Waals surface area contributed by atoms with Gasteiger partial charge >= 0.3 is 5.97 Å². The number of hydrogen-bond acceptors (Lipinski definition) is 4. The SMILES string of the molecule is CCOC(=O)c1ccc(NCc2cccc(OCc3ccc(F)cc3Cl)c2)cc1. The Kier molecular flexibility index (Phi) is 7.09. The van der Waals surface area contributed by atoms with Crippen LogP contribution in [-0.4, -0.2) is 12.6 Å². The third kappa shape index (κ3) is 5.96. The van der Waals surface area contributed by atoms with Gasteiger partial charge in [-0.2, -0.15) is 0 Å². The van der Waals surface area contributed by atoms with Gasteiger partial charge in [-0.05, 0) is 61.0 Å². The van der Waals surface area contributed by atoms with Crippen LogP contribution >= 0.6 is 11.6 Å². The average molecular weight is 414 g/mol. The summed E-state index contributed by atoms with van der Waals surface area (Å²) in [5.41, 5.74) is 3.16. The summed E-state index contributed by atoms with van der Waals surface area (Å²) in [7, 11) is 0. The Morgan fingerprint density at radius 3 is 2.59 bits per heavy atom. The highest BCUT2D eigenvalue weighted by molar-refractivity contribution is 6.31. The smallest absolute Gasteiger partial charge is 0.338 e. The Bertz CT molecular complexity index is 976. The molecule has 0 unspecified atom stereocenters. The standard InChI is InChI=1S/C23H21ClFNO3/c1-2-28-23(27)17-7-10-20(11-8-17)26-14-16-4-3-5-21(12-16)29-15-18-6-9-19(25)13-22(18)24/h3-13,26H,2,14-15H2,1H3. The predicted octanol–water partition coefficient (Wildman–Crippen LogP) is 5.85. The van der Waals surface area contributed by atoms with E-state index in [0.29, 0.717) is 29.5 Å². The first-order chi connectivity index (χ1) is 14.0. The third-order valence-electron chi connectivity index (χ3n) is 4.20. The second kappa shape index (κ2) is 9.94. The molecule has 0 heterocycles. The molecular weight excluding hydrogens is 393 g/mol. The van der Waals surface area contributed by atoms with E-state index in [2.05, 4.69) is 5.32 Å². The van der Waals surface area contributed by atoms with Crippen molar-refractivity contribution >= 4 is 23.3 Å². The van der Waals surface area contributed by atoms with Crippen molar-refractivity contribution in [2.75, 3.05) is 11.9 Å². The van der Waals surface area contributed by atoms with Crippen LogP contribution in [0.3, 0.4) is 0 Å². The van der Waals surface area contributed by atoms with Crippen molar-refractivity contribution in [3.63, 3.8) is 0 Å². The van der Waals surface area contributed by atoms with Crippen LogP contribution in [-0.2, 0) is 17.9 Å². The fourth-order valence-corrected chi connectivity index (χ4v) is 2.91. The van der Waals surface area contributed by atoms with Crippen LogP contribution in [0.2, 0.25) is 5.02 Å². The molecule has 150 valence electrons. The average Bonchev–Trinajstić information content (AvgIpc) is 2.72. The molecule has 0 saturated carbocycles. The minimum atomic E-state index is -0.373. The van der Waals surface area contributed by atoms with Crippen molar-refractivity contribution < 1.29 is 18.7 Å². The molecule has 0 bridgehead atoms. The number of halogens is 2. The Morgan fingerprint density at radius 2 is 1.86 bits per heavy atom. The summed E-state index contributed by atoms with van der Waals surface area (Å²) >= 11 is 6.03. The molecule has 0 aliphatic rings. The molecule has 0 aromatic heterocycles. The zero-order valence-electron chi connectivity index (χ0n) is 16.0. The fraction of sp³-hybridized carbons (Fsp3) is 0.174.